The summed E-state index contributed by atoms with van der Waals surface area (Å²) in [6, 6.07) is 8.73. The van der Waals surface area contributed by atoms with Gasteiger partial charge in [-0.15, -0.1) is 0 Å². The van der Waals surface area contributed by atoms with Crippen LogP contribution in [0.3, 0.4) is 0 Å². The highest BCUT2D eigenvalue weighted by atomic mass is 16.3. The Kier molecular flexibility index (Phi) is 4.61. The predicted molar refractivity (Wildman–Crippen MR) is 74.9 cm³/mol. The molecule has 1 heterocycles. The van der Waals surface area contributed by atoms with Crippen molar-refractivity contribution in [3.63, 3.8) is 0 Å². The number of rotatable bonds is 5. The van der Waals surface area contributed by atoms with Crippen LogP contribution in [0.25, 0.3) is 0 Å². The van der Waals surface area contributed by atoms with Gasteiger partial charge in [0.25, 0.3) is 0 Å². The molecule has 0 aromatic heterocycles. The molecule has 2 unspecified atom stereocenters. The summed E-state index contributed by atoms with van der Waals surface area (Å²) in [4.78, 5) is 2.43. The zero-order chi connectivity index (χ0) is 13.0. The first kappa shape index (κ1) is 13.4. The van der Waals surface area contributed by atoms with Gasteiger partial charge in [-0.05, 0) is 57.5 Å². The summed E-state index contributed by atoms with van der Waals surface area (Å²) in [6.45, 7) is 4.56. The van der Waals surface area contributed by atoms with E-state index >= 15 is 0 Å². The van der Waals surface area contributed by atoms with Crippen LogP contribution in [-0.2, 0) is 6.42 Å². The normalized spacial score (nSPS) is 21.4. The lowest BCUT2D eigenvalue weighted by molar-refractivity contribution is 0.234. The second-order valence-corrected chi connectivity index (χ2v) is 5.45. The minimum Gasteiger partial charge on any atom is -0.508 e. The molecule has 2 atom stereocenters. The molecule has 3 heteroatoms. The van der Waals surface area contributed by atoms with E-state index in [2.05, 4.69) is 24.2 Å². The molecule has 1 aromatic carbocycles. The Hall–Kier alpha value is -1.06. The van der Waals surface area contributed by atoms with Gasteiger partial charge in [0.15, 0.2) is 0 Å². The summed E-state index contributed by atoms with van der Waals surface area (Å²) in [5.41, 5.74) is 1.28. The zero-order valence-electron chi connectivity index (χ0n) is 11.4. The molecule has 2 rings (SSSR count). The molecule has 1 saturated heterocycles. The van der Waals surface area contributed by atoms with Gasteiger partial charge in [-0.1, -0.05) is 12.1 Å². The van der Waals surface area contributed by atoms with Crippen molar-refractivity contribution in [2.45, 2.75) is 38.3 Å². The van der Waals surface area contributed by atoms with Crippen molar-refractivity contribution in [2.75, 3.05) is 20.1 Å². The van der Waals surface area contributed by atoms with E-state index in [4.69, 9.17) is 0 Å². The smallest absolute Gasteiger partial charge is 0.115 e. The first-order valence-corrected chi connectivity index (χ1v) is 6.86. The van der Waals surface area contributed by atoms with Crippen molar-refractivity contribution < 1.29 is 5.11 Å². The van der Waals surface area contributed by atoms with Crippen molar-refractivity contribution in [1.82, 2.24) is 10.2 Å². The standard InChI is InChI=1S/C15H24N2O/c1-12(10-13-5-7-15(18)8-6-13)17(2)11-14-4-3-9-16-14/h5-8,12,14,16,18H,3-4,9-11H2,1-2H3. The van der Waals surface area contributed by atoms with E-state index in [1.165, 1.54) is 24.9 Å². The summed E-state index contributed by atoms with van der Waals surface area (Å²) >= 11 is 0. The maximum atomic E-state index is 9.27. The Morgan fingerprint density at radius 2 is 2.11 bits per heavy atom. The Labute approximate surface area is 110 Å². The summed E-state index contributed by atoms with van der Waals surface area (Å²) < 4.78 is 0. The average Bonchev–Trinajstić information content (AvgIpc) is 2.85. The molecule has 3 nitrogen and oxygen atoms in total. The van der Waals surface area contributed by atoms with Crippen LogP contribution in [0.15, 0.2) is 24.3 Å². The summed E-state index contributed by atoms with van der Waals surface area (Å²) in [5, 5.41) is 12.8. The van der Waals surface area contributed by atoms with Crippen LogP contribution in [0.5, 0.6) is 5.75 Å². The number of aromatic hydroxyl groups is 1. The lowest BCUT2D eigenvalue weighted by Gasteiger charge is -2.27. The fourth-order valence-electron chi connectivity index (χ4n) is 2.57. The molecule has 1 aromatic rings. The number of nitrogens with zero attached hydrogens (tertiary/aromatic N) is 1. The van der Waals surface area contributed by atoms with Crippen LogP contribution in [0.4, 0.5) is 0 Å². The maximum Gasteiger partial charge on any atom is 0.115 e. The zero-order valence-corrected chi connectivity index (χ0v) is 11.4. The van der Waals surface area contributed by atoms with Gasteiger partial charge < -0.3 is 15.3 Å². The topological polar surface area (TPSA) is 35.5 Å². The average molecular weight is 248 g/mol. The molecule has 0 radical (unpaired) electrons. The number of nitrogens with one attached hydrogen (secondary N) is 1. The second-order valence-electron chi connectivity index (χ2n) is 5.45. The third-order valence-electron chi connectivity index (χ3n) is 3.89. The van der Waals surface area contributed by atoms with Gasteiger partial charge in [0.2, 0.25) is 0 Å². The quantitative estimate of drug-likeness (QED) is 0.836. The highest BCUT2D eigenvalue weighted by Crippen LogP contribution is 2.14. The minimum absolute atomic E-state index is 0.343. The largest absolute Gasteiger partial charge is 0.508 e. The van der Waals surface area contributed by atoms with Crippen molar-refractivity contribution in [3.05, 3.63) is 29.8 Å². The van der Waals surface area contributed by atoms with Crippen LogP contribution in [0.2, 0.25) is 0 Å². The van der Waals surface area contributed by atoms with Gasteiger partial charge in [0, 0.05) is 18.6 Å². The van der Waals surface area contributed by atoms with Crippen molar-refractivity contribution in [1.29, 1.82) is 0 Å². The van der Waals surface area contributed by atoms with Crippen LogP contribution < -0.4 is 5.32 Å². The van der Waals surface area contributed by atoms with E-state index in [-0.39, 0.29) is 0 Å². The Bertz CT molecular complexity index is 357. The SMILES string of the molecule is CC(Cc1ccc(O)cc1)N(C)CC1CCCN1. The van der Waals surface area contributed by atoms with Crippen LogP contribution in [-0.4, -0.2) is 42.2 Å². The lowest BCUT2D eigenvalue weighted by atomic mass is 10.1. The fourth-order valence-corrected chi connectivity index (χ4v) is 2.57. The molecule has 1 aliphatic heterocycles. The van der Waals surface area contributed by atoms with E-state index in [0.29, 0.717) is 17.8 Å². The summed E-state index contributed by atoms with van der Waals surface area (Å²) in [5.74, 6) is 0.343. The first-order chi connectivity index (χ1) is 8.65. The number of benzene rings is 1. The molecule has 18 heavy (non-hydrogen) atoms. The van der Waals surface area contributed by atoms with Crippen molar-refractivity contribution in [2.24, 2.45) is 0 Å². The maximum absolute atomic E-state index is 9.27. The molecule has 1 fully saturated rings. The van der Waals surface area contributed by atoms with E-state index in [0.717, 1.165) is 13.0 Å². The van der Waals surface area contributed by atoms with Crippen molar-refractivity contribution in [3.8, 4) is 5.75 Å². The van der Waals surface area contributed by atoms with Gasteiger partial charge >= 0.3 is 0 Å². The predicted octanol–water partition coefficient (Wildman–Crippen LogP) is 2.01. The summed E-state index contributed by atoms with van der Waals surface area (Å²) in [7, 11) is 2.20. The Morgan fingerprint density at radius 1 is 1.39 bits per heavy atom. The monoisotopic (exact) mass is 248 g/mol. The molecular weight excluding hydrogens is 224 g/mol. The van der Waals surface area contributed by atoms with Crippen LogP contribution >= 0.6 is 0 Å². The van der Waals surface area contributed by atoms with E-state index < -0.39 is 0 Å². The van der Waals surface area contributed by atoms with Crippen LogP contribution in [0, 0.1) is 0 Å². The third-order valence-corrected chi connectivity index (χ3v) is 3.89. The van der Waals surface area contributed by atoms with Gasteiger partial charge in [-0.2, -0.15) is 0 Å². The van der Waals surface area contributed by atoms with Crippen molar-refractivity contribution >= 4 is 0 Å². The highest BCUT2D eigenvalue weighted by molar-refractivity contribution is 5.26. The van der Waals surface area contributed by atoms with E-state index in [9.17, 15) is 5.11 Å². The van der Waals surface area contributed by atoms with Gasteiger partial charge in [0.1, 0.15) is 5.75 Å². The van der Waals surface area contributed by atoms with Gasteiger partial charge in [-0.3, -0.25) is 0 Å². The molecule has 1 aliphatic rings. The second kappa shape index (κ2) is 6.21. The molecule has 0 saturated carbocycles. The summed E-state index contributed by atoms with van der Waals surface area (Å²) in [6.07, 6.45) is 3.64. The molecular formula is C15H24N2O. The molecule has 0 amide bonds. The van der Waals surface area contributed by atoms with E-state index in [1.807, 2.05) is 12.1 Å². The number of hydrogen-bond acceptors (Lipinski definition) is 3. The third kappa shape index (κ3) is 3.72. The number of hydrogen-bond donors (Lipinski definition) is 2. The number of likely N-dealkylation sites (N-methyl/N-ethyl adjacent to an activating group) is 1. The Morgan fingerprint density at radius 3 is 2.72 bits per heavy atom. The van der Waals surface area contributed by atoms with Gasteiger partial charge in [-0.25, -0.2) is 0 Å². The number of phenolic OH excluding ortho intramolecular Hbond substituents is 1. The number of phenols is 1. The highest BCUT2D eigenvalue weighted by Gasteiger charge is 2.18. The fraction of sp³-hybridized carbons (Fsp3) is 0.600. The minimum atomic E-state index is 0.343. The molecule has 0 spiro atoms. The molecule has 100 valence electrons. The molecule has 2 N–H and O–H groups in total. The molecule has 0 bridgehead atoms. The van der Waals surface area contributed by atoms with Crippen LogP contribution in [0.1, 0.15) is 25.3 Å². The van der Waals surface area contributed by atoms with Gasteiger partial charge in [0.05, 0.1) is 0 Å². The van der Waals surface area contributed by atoms with E-state index in [1.54, 1.807) is 12.1 Å². The molecule has 0 aliphatic carbocycles. The lowest BCUT2D eigenvalue weighted by Crippen LogP contribution is -2.40. The Balaban J connectivity index is 1.82. The first-order valence-electron chi connectivity index (χ1n) is 6.86.